The maximum absolute atomic E-state index is 12.1. The molecule has 2 aromatic rings. The topological polar surface area (TPSA) is 72.2 Å². The third kappa shape index (κ3) is 4.33. The van der Waals surface area contributed by atoms with Crippen molar-refractivity contribution in [2.24, 2.45) is 5.73 Å². The van der Waals surface area contributed by atoms with E-state index in [1.165, 1.54) is 0 Å². The molecule has 4 nitrogen and oxygen atoms in total. The van der Waals surface area contributed by atoms with Crippen LogP contribution < -0.4 is 10.5 Å². The van der Waals surface area contributed by atoms with Crippen molar-refractivity contribution in [1.29, 1.82) is 0 Å². The molecule has 0 aromatic heterocycles. The Hall–Kier alpha value is -1.37. The lowest BCUT2D eigenvalue weighted by atomic mass is 10.1. The van der Waals surface area contributed by atoms with Crippen LogP contribution in [0, 0.1) is 0 Å². The summed E-state index contributed by atoms with van der Waals surface area (Å²) in [6.07, 6.45) is 0. The zero-order valence-electron chi connectivity index (χ0n) is 10.7. The first-order valence-corrected chi connectivity index (χ1v) is 8.47. The largest absolute Gasteiger partial charge is 0.326 e. The standard InChI is InChI=1S/C14H15BrN2O2S/c15-13-5-2-6-14(8-13)17-20(18,19)10-12-4-1-3-11(7-12)9-16/h1-8,17H,9-10,16H2. The first-order valence-electron chi connectivity index (χ1n) is 6.02. The van der Waals surface area contributed by atoms with Gasteiger partial charge in [-0.15, -0.1) is 0 Å². The highest BCUT2D eigenvalue weighted by atomic mass is 79.9. The molecule has 0 amide bonds. The number of benzene rings is 2. The van der Waals surface area contributed by atoms with Crippen LogP contribution in [0.15, 0.2) is 53.0 Å². The molecule has 0 heterocycles. The number of hydrogen-bond donors (Lipinski definition) is 2. The van der Waals surface area contributed by atoms with Gasteiger partial charge in [0.25, 0.3) is 0 Å². The van der Waals surface area contributed by atoms with E-state index in [1.54, 1.807) is 30.3 Å². The number of nitrogens with one attached hydrogen (secondary N) is 1. The summed E-state index contributed by atoms with van der Waals surface area (Å²) in [5.74, 6) is -0.0760. The molecule has 3 N–H and O–H groups in total. The second-order valence-electron chi connectivity index (χ2n) is 4.40. The summed E-state index contributed by atoms with van der Waals surface area (Å²) in [4.78, 5) is 0. The SMILES string of the molecule is NCc1cccc(CS(=O)(=O)Nc2cccc(Br)c2)c1. The number of hydrogen-bond acceptors (Lipinski definition) is 3. The highest BCUT2D eigenvalue weighted by molar-refractivity contribution is 9.10. The summed E-state index contributed by atoms with van der Waals surface area (Å²) in [6.45, 7) is 0.396. The Morgan fingerprint density at radius 1 is 1.05 bits per heavy atom. The average Bonchev–Trinajstić information content (AvgIpc) is 2.37. The van der Waals surface area contributed by atoms with Crippen molar-refractivity contribution in [2.75, 3.05) is 4.72 Å². The van der Waals surface area contributed by atoms with Gasteiger partial charge in [-0.2, -0.15) is 0 Å². The molecule has 0 unspecified atom stereocenters. The molecule has 0 atom stereocenters. The average molecular weight is 355 g/mol. The van der Waals surface area contributed by atoms with Crippen molar-refractivity contribution in [3.8, 4) is 0 Å². The molecule has 2 rings (SSSR count). The van der Waals surface area contributed by atoms with Crippen molar-refractivity contribution in [3.05, 3.63) is 64.1 Å². The minimum Gasteiger partial charge on any atom is -0.326 e. The predicted molar refractivity (Wildman–Crippen MR) is 84.7 cm³/mol. The van der Waals surface area contributed by atoms with Crippen molar-refractivity contribution in [1.82, 2.24) is 0 Å². The summed E-state index contributed by atoms with van der Waals surface area (Å²) < 4.78 is 27.6. The fourth-order valence-electron chi connectivity index (χ4n) is 1.83. The van der Waals surface area contributed by atoms with Crippen molar-refractivity contribution < 1.29 is 8.42 Å². The minimum absolute atomic E-state index is 0.0760. The van der Waals surface area contributed by atoms with Gasteiger partial charge in [0.15, 0.2) is 0 Å². The summed E-state index contributed by atoms with van der Waals surface area (Å²) in [6, 6.07) is 14.3. The van der Waals surface area contributed by atoms with E-state index in [0.29, 0.717) is 12.2 Å². The smallest absolute Gasteiger partial charge is 0.236 e. The van der Waals surface area contributed by atoms with Gasteiger partial charge in [0.1, 0.15) is 0 Å². The van der Waals surface area contributed by atoms with E-state index in [2.05, 4.69) is 20.7 Å². The normalized spacial score (nSPS) is 11.3. The van der Waals surface area contributed by atoms with Crippen molar-refractivity contribution >= 4 is 31.6 Å². The van der Waals surface area contributed by atoms with Gasteiger partial charge in [-0.05, 0) is 29.3 Å². The number of nitrogens with two attached hydrogens (primary N) is 1. The van der Waals surface area contributed by atoms with Crippen LogP contribution in [0.1, 0.15) is 11.1 Å². The molecule has 0 bridgehead atoms. The zero-order valence-corrected chi connectivity index (χ0v) is 13.1. The molecule has 0 spiro atoms. The maximum Gasteiger partial charge on any atom is 0.236 e. The highest BCUT2D eigenvalue weighted by Crippen LogP contribution is 2.18. The van der Waals surface area contributed by atoms with Crippen LogP contribution in [0.3, 0.4) is 0 Å². The van der Waals surface area contributed by atoms with Gasteiger partial charge < -0.3 is 5.73 Å². The van der Waals surface area contributed by atoms with E-state index in [0.717, 1.165) is 15.6 Å². The van der Waals surface area contributed by atoms with Gasteiger partial charge in [0, 0.05) is 16.7 Å². The summed E-state index contributed by atoms with van der Waals surface area (Å²) in [7, 11) is -3.44. The highest BCUT2D eigenvalue weighted by Gasteiger charge is 2.12. The van der Waals surface area contributed by atoms with E-state index in [4.69, 9.17) is 5.73 Å². The minimum atomic E-state index is -3.44. The van der Waals surface area contributed by atoms with E-state index < -0.39 is 10.0 Å². The number of halogens is 1. The van der Waals surface area contributed by atoms with E-state index in [9.17, 15) is 8.42 Å². The van der Waals surface area contributed by atoms with Gasteiger partial charge >= 0.3 is 0 Å². The molecule has 0 aliphatic heterocycles. The number of rotatable bonds is 5. The van der Waals surface area contributed by atoms with Crippen LogP contribution in [0.25, 0.3) is 0 Å². The zero-order chi connectivity index (χ0) is 14.6. The van der Waals surface area contributed by atoms with Crippen LogP contribution in [0.4, 0.5) is 5.69 Å². The molecular weight excluding hydrogens is 340 g/mol. The predicted octanol–water partition coefficient (Wildman–Crippen LogP) is 2.85. The van der Waals surface area contributed by atoms with Crippen LogP contribution in [-0.2, 0) is 22.3 Å². The quantitative estimate of drug-likeness (QED) is 0.866. The third-order valence-electron chi connectivity index (χ3n) is 2.68. The molecule has 6 heteroatoms. The molecule has 0 aliphatic rings. The summed E-state index contributed by atoms with van der Waals surface area (Å²) >= 11 is 3.31. The molecule has 2 aromatic carbocycles. The molecule has 0 aliphatic carbocycles. The number of sulfonamides is 1. The third-order valence-corrected chi connectivity index (χ3v) is 4.44. The van der Waals surface area contributed by atoms with Crippen LogP contribution >= 0.6 is 15.9 Å². The Balaban J connectivity index is 2.14. The van der Waals surface area contributed by atoms with Gasteiger partial charge in [0.05, 0.1) is 5.75 Å². The van der Waals surface area contributed by atoms with Gasteiger partial charge in [-0.3, -0.25) is 4.72 Å². The second kappa shape index (κ2) is 6.39. The van der Waals surface area contributed by atoms with Crippen LogP contribution in [-0.4, -0.2) is 8.42 Å². The Kier molecular flexibility index (Phi) is 4.80. The molecule has 0 saturated carbocycles. The van der Waals surface area contributed by atoms with Gasteiger partial charge in [-0.1, -0.05) is 46.3 Å². The molecule has 0 saturated heterocycles. The Morgan fingerprint density at radius 2 is 1.75 bits per heavy atom. The molecule has 0 radical (unpaired) electrons. The monoisotopic (exact) mass is 354 g/mol. The van der Waals surface area contributed by atoms with Gasteiger partial charge in [-0.25, -0.2) is 8.42 Å². The second-order valence-corrected chi connectivity index (χ2v) is 7.03. The van der Waals surface area contributed by atoms with E-state index in [1.807, 2.05) is 18.2 Å². The number of anilines is 1. The van der Waals surface area contributed by atoms with Crippen molar-refractivity contribution in [3.63, 3.8) is 0 Å². The Labute approximate surface area is 127 Å². The summed E-state index contributed by atoms with van der Waals surface area (Å²) in [5.41, 5.74) is 7.72. The first-order chi connectivity index (χ1) is 9.48. The fraction of sp³-hybridized carbons (Fsp3) is 0.143. The van der Waals surface area contributed by atoms with E-state index >= 15 is 0 Å². The maximum atomic E-state index is 12.1. The molecule has 20 heavy (non-hydrogen) atoms. The fourth-order valence-corrected chi connectivity index (χ4v) is 3.41. The van der Waals surface area contributed by atoms with Crippen LogP contribution in [0.5, 0.6) is 0 Å². The first kappa shape index (κ1) is 15.0. The van der Waals surface area contributed by atoms with Crippen LogP contribution in [0.2, 0.25) is 0 Å². The molecule has 106 valence electrons. The lowest BCUT2D eigenvalue weighted by molar-refractivity contribution is 0.600. The van der Waals surface area contributed by atoms with E-state index in [-0.39, 0.29) is 5.75 Å². The lowest BCUT2D eigenvalue weighted by Gasteiger charge is -2.09. The van der Waals surface area contributed by atoms with Crippen molar-refractivity contribution in [2.45, 2.75) is 12.3 Å². The molecule has 0 fully saturated rings. The Bertz CT molecular complexity index is 702. The molecular formula is C14H15BrN2O2S. The lowest BCUT2D eigenvalue weighted by Crippen LogP contribution is -2.15. The van der Waals surface area contributed by atoms with Gasteiger partial charge in [0.2, 0.25) is 10.0 Å². The summed E-state index contributed by atoms with van der Waals surface area (Å²) in [5, 5.41) is 0. The Morgan fingerprint density at radius 3 is 2.45 bits per heavy atom.